The van der Waals surface area contributed by atoms with Gasteiger partial charge in [-0.1, -0.05) is 291 Å². The molecule has 0 fully saturated rings. The Morgan fingerprint density at radius 1 is 0.0845 bits per heavy atom. The molecule has 0 N–H and O–H groups in total. The second-order valence-electron chi connectivity index (χ2n) is 31.9. The predicted octanol–water partition coefficient (Wildman–Crippen LogP) is 23.5. The first kappa shape index (κ1) is 152. The SMILES string of the molecule is [Cu+].[Cu+].[Cu+].[Cu+].[Cu+].[Cu+].[Cu+].[Cu+].[Cu+].[Cu+].[Cu+].[Cu+].[S-2].[S-2].[S-2].[S-2].[S-2].[S-2].c1ccc([PH+](CCCCC[PH+](c2ccccc2)c2ccccc2)c2ccccc2)cc1.c1ccc([PH+](CCCCC[PH+](c2ccccc2)c2ccccc2)c2ccccc2)cc1.c1ccc([PH+](CCCCC[PH+](c2ccccc2)c2ccccc2)c2ccccc2)cc1.c1ccc([PH+](CCCCC[PH+](c2ccccc2)c2ccccc2)c2ccccc2)cc1. The van der Waals surface area contributed by atoms with Crippen molar-refractivity contribution in [1.82, 2.24) is 0 Å². The summed E-state index contributed by atoms with van der Waals surface area (Å²) in [5, 5.41) is 24.6. The van der Waals surface area contributed by atoms with Crippen molar-refractivity contribution in [3.8, 4) is 0 Å². The topological polar surface area (TPSA) is 0 Å². The Labute approximate surface area is 1030 Å². The van der Waals surface area contributed by atoms with Crippen LogP contribution in [0.1, 0.15) is 77.0 Å². The molecule has 0 saturated heterocycles. The molecule has 0 spiro atoms. The van der Waals surface area contributed by atoms with E-state index in [9.17, 15) is 0 Å². The van der Waals surface area contributed by atoms with E-state index in [2.05, 4.69) is 485 Å². The summed E-state index contributed by atoms with van der Waals surface area (Å²) in [6, 6.07) is 179. The summed E-state index contributed by atoms with van der Waals surface area (Å²) in [7, 11) is -5.56. The number of benzene rings is 16. The summed E-state index contributed by atoms with van der Waals surface area (Å²) in [6.45, 7) is 0. The van der Waals surface area contributed by atoms with Crippen molar-refractivity contribution in [2.45, 2.75) is 77.0 Å². The van der Waals surface area contributed by atoms with Gasteiger partial charge in [0.15, 0.2) is 0 Å². The van der Waals surface area contributed by atoms with Gasteiger partial charge in [0.1, 0.15) is 0 Å². The van der Waals surface area contributed by atoms with E-state index < -0.39 is 63.4 Å². The van der Waals surface area contributed by atoms with Gasteiger partial charge >= 0.3 is 205 Å². The molecule has 0 unspecified atom stereocenters. The molecule has 0 heterocycles. The van der Waals surface area contributed by atoms with E-state index in [4.69, 9.17) is 0 Å². The third-order valence-electron chi connectivity index (χ3n) is 23.4. The van der Waals surface area contributed by atoms with E-state index >= 15 is 0 Å². The van der Waals surface area contributed by atoms with Gasteiger partial charge in [-0.05, 0) is 271 Å². The second-order valence-corrected chi connectivity index (χ2v) is 52.8. The van der Waals surface area contributed by atoms with Crippen LogP contribution in [0.5, 0.6) is 0 Å². The van der Waals surface area contributed by atoms with Crippen molar-refractivity contribution in [3.05, 3.63) is 485 Å². The maximum Gasteiger partial charge on any atom is 1.00 e. The molecule has 26 heteroatoms. The van der Waals surface area contributed by atoms with Crippen LogP contribution >= 0.6 is 63.4 Å². The quantitative estimate of drug-likeness (QED) is 0.0204. The summed E-state index contributed by atoms with van der Waals surface area (Å²) >= 11 is 0. The third kappa shape index (κ3) is 53.4. The van der Waals surface area contributed by atoms with Gasteiger partial charge in [-0.3, -0.25) is 0 Å². The van der Waals surface area contributed by atoms with Crippen LogP contribution in [0, 0.1) is 0 Å². The molecule has 16 aromatic rings. The molecule has 0 saturated carbocycles. The average Bonchev–Trinajstić information content (AvgIpc) is 0.848. The minimum Gasteiger partial charge on any atom is -2.00 e. The van der Waals surface area contributed by atoms with Gasteiger partial charge in [0.2, 0.25) is 0 Å². The normalized spacial score (nSPS) is 9.75. The molecular weight excluding hydrogens is 2600 g/mol. The molecule has 16 aromatic carbocycles. The molecule has 0 aromatic heterocycles. The number of hydrogen-bond donors (Lipinski definition) is 0. The van der Waals surface area contributed by atoms with Gasteiger partial charge in [-0.15, -0.1) is 0 Å². The molecule has 792 valence electrons. The number of unbranched alkanes of at least 4 members (excludes halogenated alkanes) is 8. The Bertz CT molecular complexity index is 4130. The fourth-order valence-electron chi connectivity index (χ4n) is 17.0. The minimum absolute atomic E-state index is 0. The van der Waals surface area contributed by atoms with Crippen molar-refractivity contribution in [1.29, 1.82) is 0 Å². The standard InChI is InChI=1S/4C29H30P2.12Cu.6S/c4*1-6-16-26(17-7-1)30(27-18-8-2-9-19-27)24-14-5-15-25-31(28-20-10-3-11-21-28)29-22-12-4-13-23-29;;;;;;;;;;;;;;;;;;/h4*1-4,6-13,16-23H,5,14-15,24-25H2;;;;;;;;;;;;;;;;;;/q;;;;12*+1;6*-2/p+8. The Balaban J connectivity index is -0.000000417. The van der Waals surface area contributed by atoms with Crippen molar-refractivity contribution in [2.24, 2.45) is 0 Å². The third-order valence-corrected chi connectivity index (χ3v) is 46.7. The fraction of sp³-hybridized carbons (Fsp3) is 0.172. The van der Waals surface area contributed by atoms with Crippen LogP contribution in [0.25, 0.3) is 0 Å². The number of rotatable bonds is 40. The Hall–Kier alpha value is -0.706. The van der Waals surface area contributed by atoms with Crippen LogP contribution in [0.3, 0.4) is 0 Å². The molecule has 16 rings (SSSR count). The van der Waals surface area contributed by atoms with E-state index in [1.54, 1.807) is 0 Å². The molecule has 0 aliphatic carbocycles. The van der Waals surface area contributed by atoms with Crippen LogP contribution in [0.4, 0.5) is 0 Å². The molecule has 0 nitrogen and oxygen atoms in total. The van der Waals surface area contributed by atoms with E-state index in [0.717, 1.165) is 0 Å². The Kier molecular flexibility index (Phi) is 99.3. The molecular formula is C116H128Cu12P8S6+8. The number of hydrogen-bond acceptors (Lipinski definition) is 0. The monoisotopic (exact) mass is 2720 g/mol. The summed E-state index contributed by atoms with van der Waals surface area (Å²) in [5.74, 6) is 0. The van der Waals surface area contributed by atoms with Gasteiger partial charge in [0.25, 0.3) is 0 Å². The van der Waals surface area contributed by atoms with E-state index in [1.807, 2.05) is 0 Å². The maximum absolute atomic E-state index is 2.33. The fourth-order valence-corrected chi connectivity index (χ4v) is 38.6. The van der Waals surface area contributed by atoms with Crippen LogP contribution in [-0.4, -0.2) is 49.3 Å². The smallest absolute Gasteiger partial charge is 1.00 e. The molecule has 0 atom stereocenters. The largest absolute Gasteiger partial charge is 2.00 e. The summed E-state index contributed by atoms with van der Waals surface area (Å²) in [6.07, 6.45) is 26.3. The average molecular weight is 2730 g/mol. The Morgan fingerprint density at radius 2 is 0.141 bits per heavy atom. The van der Waals surface area contributed by atoms with Gasteiger partial charge in [0.05, 0.1) is 198 Å². The van der Waals surface area contributed by atoms with Gasteiger partial charge in [0, 0.05) is 0 Å². The van der Waals surface area contributed by atoms with Crippen LogP contribution in [0.2, 0.25) is 0 Å². The first-order valence-corrected chi connectivity index (χ1v) is 59.1. The zero-order valence-electron chi connectivity index (χ0n) is 78.4. The molecule has 0 aliphatic rings. The van der Waals surface area contributed by atoms with Gasteiger partial charge in [-0.2, -0.15) is 0 Å². The van der Waals surface area contributed by atoms with Crippen molar-refractivity contribution in [2.75, 3.05) is 49.3 Å². The minimum atomic E-state index is -0.695. The van der Waals surface area contributed by atoms with E-state index in [-0.39, 0.29) is 286 Å². The van der Waals surface area contributed by atoms with Crippen LogP contribution < -0.4 is 84.9 Å². The maximum atomic E-state index is 2.33. The van der Waals surface area contributed by atoms with E-state index in [0.29, 0.717) is 0 Å². The van der Waals surface area contributed by atoms with Crippen LogP contribution in [0.15, 0.2) is 485 Å². The Morgan fingerprint density at radius 3 is 0.197 bits per heavy atom. The van der Waals surface area contributed by atoms with Crippen molar-refractivity contribution >= 4 is 229 Å². The first-order chi connectivity index (χ1) is 61.7. The van der Waals surface area contributed by atoms with Crippen molar-refractivity contribution in [3.63, 3.8) is 0 Å². The summed E-state index contributed by atoms with van der Waals surface area (Å²) in [5.41, 5.74) is 0. The van der Waals surface area contributed by atoms with Gasteiger partial charge < -0.3 is 81.0 Å². The zero-order chi connectivity index (χ0) is 84.6. The second kappa shape index (κ2) is 92.8. The predicted molar refractivity (Wildman–Crippen MR) is 622 cm³/mol. The first-order valence-electron chi connectivity index (χ1n) is 45.4. The van der Waals surface area contributed by atoms with E-state index in [1.165, 1.54) is 211 Å². The van der Waals surface area contributed by atoms with Crippen LogP contribution in [-0.2, 0) is 286 Å². The van der Waals surface area contributed by atoms with Crippen molar-refractivity contribution < 1.29 is 205 Å². The zero-order valence-corrected chi connectivity index (χ0v) is 103. The molecule has 0 bridgehead atoms. The molecule has 142 heavy (non-hydrogen) atoms. The molecule has 0 amide bonds. The molecule has 0 aliphatic heterocycles. The molecule has 0 radical (unpaired) electrons. The summed E-state index contributed by atoms with van der Waals surface area (Å²) < 4.78 is 0. The van der Waals surface area contributed by atoms with Gasteiger partial charge in [-0.25, -0.2) is 0 Å². The summed E-state index contributed by atoms with van der Waals surface area (Å²) in [4.78, 5) is 0.